The quantitative estimate of drug-likeness (QED) is 0.678. The van der Waals surface area contributed by atoms with Gasteiger partial charge in [-0.25, -0.2) is 0 Å². The maximum absolute atomic E-state index is 12.3. The van der Waals surface area contributed by atoms with Crippen molar-refractivity contribution in [1.29, 1.82) is 0 Å². The third-order valence-corrected chi connectivity index (χ3v) is 3.44. The maximum atomic E-state index is 12.3. The van der Waals surface area contributed by atoms with Crippen LogP contribution >= 0.6 is 0 Å². The minimum Gasteiger partial charge on any atom is -0.396 e. The second kappa shape index (κ2) is 6.45. The van der Waals surface area contributed by atoms with Crippen LogP contribution in [-0.2, 0) is 9.53 Å². The Hall–Kier alpha value is -2.28. The van der Waals surface area contributed by atoms with Crippen LogP contribution in [0.25, 0.3) is 0 Å². The Kier molecular flexibility index (Phi) is 4.64. The molecule has 7 heteroatoms. The standard InChI is InChI=1S/C14H20N4O3/c1-9(14(20)18-5-7-21-8-6-18)17-11-4-2-3-10(12(11)15)13(16)19/h2-4,9,17H,5-8,15H2,1H3,(H2,16,19). The summed E-state index contributed by atoms with van der Waals surface area (Å²) in [5.74, 6) is -0.620. The van der Waals surface area contributed by atoms with Crippen molar-refractivity contribution in [2.45, 2.75) is 13.0 Å². The first-order valence-electron chi connectivity index (χ1n) is 6.82. The van der Waals surface area contributed by atoms with Gasteiger partial charge in [-0.05, 0) is 19.1 Å². The first-order valence-corrected chi connectivity index (χ1v) is 6.82. The monoisotopic (exact) mass is 292 g/mol. The van der Waals surface area contributed by atoms with Crippen molar-refractivity contribution < 1.29 is 14.3 Å². The van der Waals surface area contributed by atoms with E-state index < -0.39 is 11.9 Å². The number of anilines is 2. The van der Waals surface area contributed by atoms with Crippen molar-refractivity contribution in [1.82, 2.24) is 4.90 Å². The smallest absolute Gasteiger partial charge is 0.250 e. The molecule has 7 nitrogen and oxygen atoms in total. The minimum atomic E-state index is -0.594. The Balaban J connectivity index is 2.08. The highest BCUT2D eigenvalue weighted by molar-refractivity contribution is 6.01. The van der Waals surface area contributed by atoms with E-state index in [1.54, 1.807) is 30.0 Å². The number of para-hydroxylation sites is 1. The SMILES string of the molecule is CC(Nc1cccc(C(N)=O)c1N)C(=O)N1CCOCC1. The summed E-state index contributed by atoms with van der Waals surface area (Å²) >= 11 is 0. The fourth-order valence-electron chi connectivity index (χ4n) is 2.26. The van der Waals surface area contributed by atoms with Gasteiger partial charge in [0.05, 0.1) is 30.2 Å². The van der Waals surface area contributed by atoms with Gasteiger partial charge in [0, 0.05) is 13.1 Å². The number of rotatable bonds is 4. The summed E-state index contributed by atoms with van der Waals surface area (Å²) in [6.07, 6.45) is 0. The van der Waals surface area contributed by atoms with Crippen LogP contribution in [0.15, 0.2) is 18.2 Å². The van der Waals surface area contributed by atoms with Crippen molar-refractivity contribution in [3.8, 4) is 0 Å². The van der Waals surface area contributed by atoms with Gasteiger partial charge in [-0.15, -0.1) is 0 Å². The fourth-order valence-corrected chi connectivity index (χ4v) is 2.26. The number of nitrogens with one attached hydrogen (secondary N) is 1. The van der Waals surface area contributed by atoms with E-state index in [1.807, 2.05) is 0 Å². The van der Waals surface area contributed by atoms with Crippen LogP contribution in [0.1, 0.15) is 17.3 Å². The highest BCUT2D eigenvalue weighted by Gasteiger charge is 2.23. The summed E-state index contributed by atoms with van der Waals surface area (Å²) in [5.41, 5.74) is 12.2. The molecule has 2 amide bonds. The number of nitrogens with two attached hydrogens (primary N) is 2. The second-order valence-corrected chi connectivity index (χ2v) is 4.93. The van der Waals surface area contributed by atoms with E-state index in [0.717, 1.165) is 0 Å². The molecule has 1 heterocycles. The molecule has 2 rings (SSSR count). The molecule has 1 aliphatic rings. The summed E-state index contributed by atoms with van der Waals surface area (Å²) in [6.45, 7) is 4.03. The number of morpholine rings is 1. The molecule has 0 radical (unpaired) electrons. The van der Waals surface area contributed by atoms with E-state index in [0.29, 0.717) is 32.0 Å². The van der Waals surface area contributed by atoms with E-state index in [2.05, 4.69) is 5.32 Å². The third kappa shape index (κ3) is 3.43. The van der Waals surface area contributed by atoms with Crippen LogP contribution in [0.4, 0.5) is 11.4 Å². The first-order chi connectivity index (χ1) is 10.0. The zero-order valence-electron chi connectivity index (χ0n) is 12.0. The van der Waals surface area contributed by atoms with Gasteiger partial charge in [0.15, 0.2) is 0 Å². The predicted molar refractivity (Wildman–Crippen MR) is 79.9 cm³/mol. The van der Waals surface area contributed by atoms with Crippen molar-refractivity contribution in [3.05, 3.63) is 23.8 Å². The fraction of sp³-hybridized carbons (Fsp3) is 0.429. The van der Waals surface area contributed by atoms with Crippen molar-refractivity contribution in [3.63, 3.8) is 0 Å². The Morgan fingerprint density at radius 1 is 1.33 bits per heavy atom. The minimum absolute atomic E-state index is 0.0258. The van der Waals surface area contributed by atoms with Gasteiger partial charge in [0.2, 0.25) is 5.91 Å². The Labute approximate surface area is 123 Å². The number of ether oxygens (including phenoxy) is 1. The average molecular weight is 292 g/mol. The summed E-state index contributed by atoms with van der Waals surface area (Å²) in [4.78, 5) is 25.3. The van der Waals surface area contributed by atoms with Gasteiger partial charge in [-0.1, -0.05) is 6.07 Å². The van der Waals surface area contributed by atoms with Crippen molar-refractivity contribution >= 4 is 23.2 Å². The normalized spacial score (nSPS) is 16.3. The number of primary amides is 1. The number of nitrogens with zero attached hydrogens (tertiary/aromatic N) is 1. The molecule has 1 unspecified atom stereocenters. The molecule has 1 aromatic rings. The zero-order chi connectivity index (χ0) is 15.4. The number of hydrogen-bond acceptors (Lipinski definition) is 5. The van der Waals surface area contributed by atoms with E-state index in [4.69, 9.17) is 16.2 Å². The average Bonchev–Trinajstić information content (AvgIpc) is 2.49. The third-order valence-electron chi connectivity index (χ3n) is 3.44. The molecule has 1 aliphatic heterocycles. The topological polar surface area (TPSA) is 111 Å². The summed E-state index contributed by atoms with van der Waals surface area (Å²) in [7, 11) is 0. The number of benzene rings is 1. The van der Waals surface area contributed by atoms with Gasteiger partial charge < -0.3 is 26.4 Å². The van der Waals surface area contributed by atoms with Gasteiger partial charge in [-0.2, -0.15) is 0 Å². The van der Waals surface area contributed by atoms with Crippen molar-refractivity contribution in [2.24, 2.45) is 5.73 Å². The van der Waals surface area contributed by atoms with Crippen LogP contribution in [0, 0.1) is 0 Å². The molecule has 0 spiro atoms. The lowest BCUT2D eigenvalue weighted by molar-refractivity contribution is -0.135. The van der Waals surface area contributed by atoms with Gasteiger partial charge in [0.25, 0.3) is 5.91 Å². The first kappa shape index (κ1) is 15.1. The molecular formula is C14H20N4O3. The molecule has 0 aliphatic carbocycles. The largest absolute Gasteiger partial charge is 0.396 e. The molecule has 1 fully saturated rings. The molecule has 0 aromatic heterocycles. The highest BCUT2D eigenvalue weighted by Crippen LogP contribution is 2.23. The van der Waals surface area contributed by atoms with E-state index >= 15 is 0 Å². The van der Waals surface area contributed by atoms with Gasteiger partial charge in [0.1, 0.15) is 6.04 Å². The number of nitrogen functional groups attached to an aromatic ring is 1. The lowest BCUT2D eigenvalue weighted by Gasteiger charge is -2.30. The number of carbonyl (C=O) groups excluding carboxylic acids is 2. The molecule has 0 bridgehead atoms. The molecule has 0 saturated carbocycles. The molecule has 1 atom stereocenters. The molecule has 5 N–H and O–H groups in total. The predicted octanol–water partition coefficient (Wildman–Crippen LogP) is 0.0269. The van der Waals surface area contributed by atoms with Gasteiger partial charge in [-0.3, -0.25) is 9.59 Å². The van der Waals surface area contributed by atoms with Crippen LogP contribution in [-0.4, -0.2) is 49.1 Å². The number of carbonyl (C=O) groups is 2. The van der Waals surface area contributed by atoms with Crippen LogP contribution < -0.4 is 16.8 Å². The van der Waals surface area contributed by atoms with Crippen LogP contribution in [0.2, 0.25) is 0 Å². The molecule has 21 heavy (non-hydrogen) atoms. The lowest BCUT2D eigenvalue weighted by atomic mass is 10.1. The molecule has 1 aromatic carbocycles. The Morgan fingerprint density at radius 3 is 2.62 bits per heavy atom. The molecule has 114 valence electrons. The second-order valence-electron chi connectivity index (χ2n) is 4.93. The van der Waals surface area contributed by atoms with Crippen molar-refractivity contribution in [2.75, 3.05) is 37.4 Å². The van der Waals surface area contributed by atoms with E-state index in [-0.39, 0.29) is 17.2 Å². The van der Waals surface area contributed by atoms with Gasteiger partial charge >= 0.3 is 0 Å². The highest BCUT2D eigenvalue weighted by atomic mass is 16.5. The molecular weight excluding hydrogens is 272 g/mol. The van der Waals surface area contributed by atoms with Crippen LogP contribution in [0.5, 0.6) is 0 Å². The Bertz CT molecular complexity index is 541. The summed E-state index contributed by atoms with van der Waals surface area (Å²) < 4.78 is 5.22. The van der Waals surface area contributed by atoms with Crippen LogP contribution in [0.3, 0.4) is 0 Å². The van der Waals surface area contributed by atoms with E-state index in [9.17, 15) is 9.59 Å². The summed E-state index contributed by atoms with van der Waals surface area (Å²) in [6, 6.07) is 4.49. The maximum Gasteiger partial charge on any atom is 0.250 e. The Morgan fingerprint density at radius 2 is 2.00 bits per heavy atom. The summed E-state index contributed by atoms with van der Waals surface area (Å²) in [5, 5.41) is 3.04. The molecule has 1 saturated heterocycles. The zero-order valence-corrected chi connectivity index (χ0v) is 12.0. The van der Waals surface area contributed by atoms with E-state index in [1.165, 1.54) is 0 Å². The number of amides is 2. The lowest BCUT2D eigenvalue weighted by Crippen LogP contribution is -2.47. The number of hydrogen-bond donors (Lipinski definition) is 3.